The fourth-order valence-electron chi connectivity index (χ4n) is 5.20. The third kappa shape index (κ3) is 7.05. The summed E-state index contributed by atoms with van der Waals surface area (Å²) in [4.78, 5) is 14.4. The van der Waals surface area contributed by atoms with E-state index in [1.807, 2.05) is 45.3 Å². The molecule has 5 aromatic heterocycles. The van der Waals surface area contributed by atoms with E-state index in [0.717, 1.165) is 0 Å². The molecule has 0 aliphatic carbocycles. The van der Waals surface area contributed by atoms with Gasteiger partial charge in [0.1, 0.15) is 0 Å². The van der Waals surface area contributed by atoms with Crippen LogP contribution in [-0.2, 0) is 12.8 Å². The zero-order valence-electron chi connectivity index (χ0n) is 23.7. The minimum absolute atomic E-state index is 1.21. The predicted molar refractivity (Wildman–Crippen MR) is 183 cm³/mol. The van der Waals surface area contributed by atoms with Crippen molar-refractivity contribution in [2.45, 2.75) is 91.9 Å². The van der Waals surface area contributed by atoms with Crippen molar-refractivity contribution < 1.29 is 0 Å². The van der Waals surface area contributed by atoms with Crippen LogP contribution in [0.1, 0.15) is 86.1 Å². The molecular weight excluding hydrogens is 569 g/mol. The molecule has 0 unspecified atom stereocenters. The molecule has 5 heterocycles. The molecule has 0 radical (unpaired) electrons. The highest BCUT2D eigenvalue weighted by Gasteiger charge is 2.23. The average Bonchev–Trinajstić information content (AvgIpc) is 3.75. The van der Waals surface area contributed by atoms with Crippen LogP contribution in [0.2, 0.25) is 0 Å². The third-order valence-electron chi connectivity index (χ3n) is 7.30. The van der Waals surface area contributed by atoms with Crippen LogP contribution in [0, 0.1) is 13.8 Å². The van der Waals surface area contributed by atoms with E-state index in [1.54, 1.807) is 20.9 Å². The van der Waals surface area contributed by atoms with Crippen molar-refractivity contribution in [3.05, 3.63) is 69.4 Å². The van der Waals surface area contributed by atoms with Gasteiger partial charge in [0.2, 0.25) is 0 Å². The molecule has 0 amide bonds. The summed E-state index contributed by atoms with van der Waals surface area (Å²) in [6.45, 7) is 9.05. The molecule has 5 rings (SSSR count). The lowest BCUT2D eigenvalue weighted by atomic mass is 9.96. The average molecular weight is 609 g/mol. The highest BCUT2D eigenvalue weighted by Crippen LogP contribution is 2.49. The van der Waals surface area contributed by atoms with Crippen molar-refractivity contribution in [1.29, 1.82) is 0 Å². The van der Waals surface area contributed by atoms with Gasteiger partial charge >= 0.3 is 0 Å². The smallest absolute Gasteiger partial charge is 0.0484 e. The molecule has 0 aromatic carbocycles. The Morgan fingerprint density at radius 3 is 1.18 bits per heavy atom. The second-order valence-corrected chi connectivity index (χ2v) is 16.3. The normalized spacial score (nSPS) is 11.6. The molecule has 5 aromatic rings. The largest absolute Gasteiger partial charge is 0.140 e. The Labute approximate surface area is 255 Å². The van der Waals surface area contributed by atoms with Crippen molar-refractivity contribution in [3.8, 4) is 39.0 Å². The monoisotopic (exact) mass is 608 g/mol. The Balaban J connectivity index is 1.56. The summed E-state index contributed by atoms with van der Waals surface area (Å²) in [6, 6.07) is 18.6. The molecule has 0 saturated carbocycles. The van der Waals surface area contributed by atoms with Gasteiger partial charge in [-0.3, -0.25) is 0 Å². The molecule has 206 valence electrons. The van der Waals surface area contributed by atoms with Gasteiger partial charge in [0.05, 0.1) is 0 Å². The lowest BCUT2D eigenvalue weighted by Crippen LogP contribution is -1.95. The van der Waals surface area contributed by atoms with Crippen LogP contribution in [-0.4, -0.2) is 0 Å². The molecular formula is C34H40S5. The van der Waals surface area contributed by atoms with E-state index in [0.29, 0.717) is 0 Å². The summed E-state index contributed by atoms with van der Waals surface area (Å²) in [5.74, 6) is 0. The van der Waals surface area contributed by atoms with Gasteiger partial charge in [0.25, 0.3) is 0 Å². The van der Waals surface area contributed by atoms with Gasteiger partial charge in [-0.2, -0.15) is 0 Å². The Kier molecular flexibility index (Phi) is 10.3. The zero-order valence-corrected chi connectivity index (χ0v) is 27.8. The Morgan fingerprint density at radius 1 is 0.410 bits per heavy atom. The van der Waals surface area contributed by atoms with E-state index in [2.05, 4.69) is 87.6 Å². The van der Waals surface area contributed by atoms with E-state index in [9.17, 15) is 0 Å². The first-order chi connectivity index (χ1) is 19.1. The van der Waals surface area contributed by atoms with Gasteiger partial charge in [-0.1, -0.05) is 52.4 Å². The van der Waals surface area contributed by atoms with E-state index in [-0.39, 0.29) is 0 Å². The molecule has 0 fully saturated rings. The molecule has 0 spiro atoms. The van der Waals surface area contributed by atoms with Gasteiger partial charge < -0.3 is 0 Å². The first-order valence-electron chi connectivity index (χ1n) is 14.6. The molecule has 0 aliphatic heterocycles. The second-order valence-electron chi connectivity index (χ2n) is 10.5. The van der Waals surface area contributed by atoms with E-state index in [4.69, 9.17) is 0 Å². The molecule has 0 bridgehead atoms. The van der Waals surface area contributed by atoms with Crippen LogP contribution in [0.4, 0.5) is 0 Å². The first-order valence-corrected chi connectivity index (χ1v) is 18.6. The zero-order chi connectivity index (χ0) is 27.2. The van der Waals surface area contributed by atoms with Gasteiger partial charge in [-0.25, -0.2) is 0 Å². The number of hydrogen-bond acceptors (Lipinski definition) is 5. The minimum Gasteiger partial charge on any atom is -0.140 e. The van der Waals surface area contributed by atoms with Crippen LogP contribution >= 0.6 is 56.7 Å². The number of unbranched alkanes of at least 4 members (excludes halogenated alkanes) is 6. The lowest BCUT2D eigenvalue weighted by Gasteiger charge is -2.09. The molecule has 39 heavy (non-hydrogen) atoms. The van der Waals surface area contributed by atoms with E-state index in [1.165, 1.54) is 103 Å². The summed E-state index contributed by atoms with van der Waals surface area (Å²) in [6.07, 6.45) is 13.0. The fraction of sp³-hybridized carbons (Fsp3) is 0.412. The van der Waals surface area contributed by atoms with Gasteiger partial charge in [-0.05, 0) is 99.2 Å². The molecule has 5 heteroatoms. The molecule has 0 aliphatic rings. The lowest BCUT2D eigenvalue weighted by molar-refractivity contribution is 0.653. The van der Waals surface area contributed by atoms with Crippen molar-refractivity contribution in [1.82, 2.24) is 0 Å². The summed E-state index contributed by atoms with van der Waals surface area (Å²) >= 11 is 9.88. The van der Waals surface area contributed by atoms with Crippen LogP contribution in [0.3, 0.4) is 0 Å². The van der Waals surface area contributed by atoms with Crippen molar-refractivity contribution >= 4 is 56.7 Å². The van der Waals surface area contributed by atoms with Gasteiger partial charge in [0.15, 0.2) is 0 Å². The predicted octanol–water partition coefficient (Wildman–Crippen LogP) is 13.5. The maximum atomic E-state index is 2.40. The second kappa shape index (κ2) is 13.9. The van der Waals surface area contributed by atoms with E-state index >= 15 is 0 Å². The number of thiophene rings is 5. The van der Waals surface area contributed by atoms with Crippen molar-refractivity contribution in [2.24, 2.45) is 0 Å². The standard InChI is InChI=1S/C34H40S5/c1-5-7-9-11-13-25-26(14-12-10-8-6-2)34(32-22-20-30(38-32)28-18-16-24(4)36-28)39-33(25)31-21-19-29(37-31)27-17-15-23(3)35-27/h15-22H,5-14H2,1-4H3. The Bertz CT molecular complexity index is 1360. The number of hydrogen-bond donors (Lipinski definition) is 0. The maximum absolute atomic E-state index is 2.40. The molecule has 0 saturated heterocycles. The van der Waals surface area contributed by atoms with Crippen LogP contribution in [0.5, 0.6) is 0 Å². The van der Waals surface area contributed by atoms with Crippen molar-refractivity contribution in [3.63, 3.8) is 0 Å². The highest BCUT2D eigenvalue weighted by molar-refractivity contribution is 7.30. The number of rotatable bonds is 14. The van der Waals surface area contributed by atoms with Crippen molar-refractivity contribution in [2.75, 3.05) is 0 Å². The Morgan fingerprint density at radius 2 is 0.795 bits per heavy atom. The van der Waals surface area contributed by atoms with E-state index < -0.39 is 0 Å². The molecule has 0 atom stereocenters. The van der Waals surface area contributed by atoms with Crippen LogP contribution in [0.15, 0.2) is 48.5 Å². The topological polar surface area (TPSA) is 0 Å². The third-order valence-corrected chi connectivity index (χ3v) is 13.5. The minimum atomic E-state index is 1.21. The summed E-state index contributed by atoms with van der Waals surface area (Å²) in [5.41, 5.74) is 3.31. The molecule has 0 N–H and O–H groups in total. The first kappa shape index (κ1) is 29.0. The fourth-order valence-corrected chi connectivity index (χ4v) is 10.8. The summed E-state index contributed by atoms with van der Waals surface area (Å²) in [5, 5.41) is 0. The summed E-state index contributed by atoms with van der Waals surface area (Å²) in [7, 11) is 0. The number of aryl methyl sites for hydroxylation is 2. The van der Waals surface area contributed by atoms with Crippen LogP contribution < -0.4 is 0 Å². The van der Waals surface area contributed by atoms with Crippen LogP contribution in [0.25, 0.3) is 39.0 Å². The quantitative estimate of drug-likeness (QED) is 0.110. The molecule has 0 nitrogen and oxygen atoms in total. The maximum Gasteiger partial charge on any atom is 0.0484 e. The summed E-state index contributed by atoms with van der Waals surface area (Å²) < 4.78 is 0. The van der Waals surface area contributed by atoms with Gasteiger partial charge in [0, 0.05) is 48.8 Å². The highest BCUT2D eigenvalue weighted by atomic mass is 32.1. The van der Waals surface area contributed by atoms with Gasteiger partial charge in [-0.15, -0.1) is 56.7 Å². The SMILES string of the molecule is CCCCCCc1c(-c2ccc(-c3ccc(C)s3)s2)sc(-c2ccc(-c3ccc(C)s3)s2)c1CCCCCC. The Hall–Kier alpha value is -1.50.